The van der Waals surface area contributed by atoms with Gasteiger partial charge in [0.05, 0.1) is 27.8 Å². The van der Waals surface area contributed by atoms with E-state index < -0.39 is 0 Å². The van der Waals surface area contributed by atoms with Crippen molar-refractivity contribution in [1.29, 1.82) is 0 Å². The molecule has 234 valence electrons. The smallest absolute Gasteiger partial charge is 0.237 e. The topological polar surface area (TPSA) is 35.6 Å². The molecule has 0 spiro atoms. The highest BCUT2D eigenvalue weighted by Gasteiger charge is 2.18. The Labute approximate surface area is 288 Å². The summed E-state index contributed by atoms with van der Waals surface area (Å²) < 4.78 is 4.54. The molecule has 0 N–H and O–H groups in total. The van der Waals surface area contributed by atoms with Crippen LogP contribution in [-0.2, 0) is 0 Å². The molecule has 10 aromatic rings. The highest BCUT2D eigenvalue weighted by Crippen LogP contribution is 2.36. The van der Waals surface area contributed by atoms with E-state index in [1.807, 2.05) is 6.07 Å². The second-order valence-corrected chi connectivity index (χ2v) is 12.6. The van der Waals surface area contributed by atoms with Crippen molar-refractivity contribution in [2.45, 2.75) is 0 Å². The lowest BCUT2D eigenvalue weighted by Crippen LogP contribution is -2.08. The van der Waals surface area contributed by atoms with Crippen LogP contribution in [0, 0.1) is 0 Å². The summed E-state index contributed by atoms with van der Waals surface area (Å²) in [4.78, 5) is 10.8. The van der Waals surface area contributed by atoms with Crippen LogP contribution in [0.4, 0.5) is 0 Å². The van der Waals surface area contributed by atoms with Crippen LogP contribution < -0.4 is 0 Å². The largest absolute Gasteiger partial charge is 0.294 e. The average Bonchev–Trinajstić information content (AvgIpc) is 3.54. The molecule has 0 saturated heterocycles. The van der Waals surface area contributed by atoms with Crippen molar-refractivity contribution >= 4 is 65.2 Å². The van der Waals surface area contributed by atoms with Gasteiger partial charge in [-0.05, 0) is 45.8 Å². The fraction of sp³-hybridized carbons (Fsp3) is 0. The third-order valence-electron chi connectivity index (χ3n) is 9.79. The van der Waals surface area contributed by atoms with Crippen LogP contribution >= 0.6 is 0 Å². The molecule has 0 unspecified atom stereocenters. The Bertz CT molecular complexity index is 2830. The second-order valence-electron chi connectivity index (χ2n) is 12.6. The fourth-order valence-corrected chi connectivity index (χ4v) is 7.61. The Kier molecular flexibility index (Phi) is 6.46. The number of benzene rings is 7. The van der Waals surface area contributed by atoms with Crippen LogP contribution in [0.1, 0.15) is 0 Å². The lowest BCUT2D eigenvalue weighted by atomic mass is 10.0. The second kappa shape index (κ2) is 11.4. The number of rotatable bonds is 3. The van der Waals surface area contributed by atoms with E-state index in [1.54, 1.807) is 0 Å². The number of para-hydroxylation sites is 4. The van der Waals surface area contributed by atoms with Gasteiger partial charge >= 0.3 is 0 Å². The number of hydrogen-bond donors (Lipinski definition) is 0. The predicted octanol–water partition coefficient (Wildman–Crippen LogP) is 11.8. The van der Waals surface area contributed by atoms with Gasteiger partial charge < -0.3 is 0 Å². The summed E-state index contributed by atoms with van der Waals surface area (Å²) in [6.45, 7) is 0. The molecule has 0 amide bonds. The van der Waals surface area contributed by atoms with E-state index in [0.29, 0.717) is 5.95 Å². The monoisotopic (exact) mass is 638 g/mol. The molecule has 3 aromatic heterocycles. The summed E-state index contributed by atoms with van der Waals surface area (Å²) in [5.41, 5.74) is 6.11. The Hall–Kier alpha value is -6.78. The van der Waals surface area contributed by atoms with Gasteiger partial charge in [-0.3, -0.25) is 9.13 Å². The minimum atomic E-state index is 0.620. The molecule has 0 aliphatic heterocycles. The lowest BCUT2D eigenvalue weighted by molar-refractivity contribution is 0.951. The molecule has 50 heavy (non-hydrogen) atoms. The first kappa shape index (κ1) is 28.3. The van der Waals surface area contributed by atoms with E-state index in [9.17, 15) is 0 Å². The third kappa shape index (κ3) is 4.39. The van der Waals surface area contributed by atoms with Crippen LogP contribution in [0.25, 0.3) is 88.2 Å². The molecule has 0 aliphatic rings. The normalized spacial score (nSPS) is 11.6. The molecule has 4 nitrogen and oxygen atoms in total. The number of nitrogens with zero attached hydrogens (tertiary/aromatic N) is 4. The summed E-state index contributed by atoms with van der Waals surface area (Å²) in [7, 11) is 0. The third-order valence-corrected chi connectivity index (χ3v) is 9.79. The molecule has 4 heteroatoms. The van der Waals surface area contributed by atoms with Crippen LogP contribution in [0.3, 0.4) is 0 Å². The molecular formula is C46H30N4. The molecule has 0 radical (unpaired) electrons. The Morgan fingerprint density at radius 3 is 1.10 bits per heavy atom. The first-order chi connectivity index (χ1) is 24.8. The van der Waals surface area contributed by atoms with Gasteiger partial charge in [0.1, 0.15) is 5.82 Å². The maximum absolute atomic E-state index is 5.52. The van der Waals surface area contributed by atoms with Gasteiger partial charge in [0.2, 0.25) is 5.95 Å². The molecule has 3 heterocycles. The van der Waals surface area contributed by atoms with Crippen molar-refractivity contribution in [1.82, 2.24) is 19.1 Å². The quantitative estimate of drug-likeness (QED) is 0.193. The van der Waals surface area contributed by atoms with Gasteiger partial charge in [0.15, 0.2) is 0 Å². The number of hydrogen-bond acceptors (Lipinski definition) is 2. The van der Waals surface area contributed by atoms with E-state index in [2.05, 4.69) is 185 Å². The zero-order chi connectivity index (χ0) is 33.0. The molecular weight excluding hydrogens is 609 g/mol. The standard InChI is InChI=1S/C46H30N4/c1-2-16-31(17-3-1)40-30-45(48-46(47-40)50-43-28-14-10-24-38(43)39-25-11-15-29-44(39)50)49-41-26-12-8-22-36(41)34-20-6-4-18-32(34)33-19-5-7-21-35(33)37-23-9-13-27-42(37)49/h1-30H. The predicted molar refractivity (Wildman–Crippen MR) is 209 cm³/mol. The van der Waals surface area contributed by atoms with Crippen LogP contribution in [0.5, 0.6) is 0 Å². The van der Waals surface area contributed by atoms with Crippen molar-refractivity contribution < 1.29 is 0 Å². The summed E-state index contributed by atoms with van der Waals surface area (Å²) in [5, 5.41) is 9.36. The van der Waals surface area contributed by atoms with Crippen molar-refractivity contribution in [3.05, 3.63) is 182 Å². The zero-order valence-corrected chi connectivity index (χ0v) is 27.1. The maximum atomic E-state index is 5.52. The van der Waals surface area contributed by atoms with Gasteiger partial charge in [0.25, 0.3) is 0 Å². The first-order valence-corrected chi connectivity index (χ1v) is 16.9. The SMILES string of the molecule is c1ccc(-c2cc(-n3c4ccccc4c4ccccc4c4ccccc4c4ccccc43)nc(-n3c4ccccc4c4ccccc43)n2)cc1. The van der Waals surface area contributed by atoms with Crippen molar-refractivity contribution in [3.8, 4) is 23.0 Å². The first-order valence-electron chi connectivity index (χ1n) is 16.9. The highest BCUT2D eigenvalue weighted by atomic mass is 15.2. The van der Waals surface area contributed by atoms with Gasteiger partial charge in [-0.15, -0.1) is 0 Å². The summed E-state index contributed by atoms with van der Waals surface area (Å²) in [6, 6.07) is 64.4. The zero-order valence-electron chi connectivity index (χ0n) is 27.1. The molecule has 0 aliphatic carbocycles. The van der Waals surface area contributed by atoms with Crippen molar-refractivity contribution in [3.63, 3.8) is 0 Å². The molecule has 0 fully saturated rings. The minimum Gasteiger partial charge on any atom is -0.294 e. The summed E-state index contributed by atoms with van der Waals surface area (Å²) in [5.74, 6) is 1.40. The Morgan fingerprint density at radius 1 is 0.300 bits per heavy atom. The van der Waals surface area contributed by atoms with Gasteiger partial charge in [0, 0.05) is 33.2 Å². The molecule has 0 bridgehead atoms. The van der Waals surface area contributed by atoms with Crippen LogP contribution in [-0.4, -0.2) is 19.1 Å². The van der Waals surface area contributed by atoms with E-state index in [1.165, 1.54) is 32.3 Å². The van der Waals surface area contributed by atoms with E-state index in [4.69, 9.17) is 9.97 Å². The van der Waals surface area contributed by atoms with Gasteiger partial charge in [-0.1, -0.05) is 152 Å². The summed E-state index contributed by atoms with van der Waals surface area (Å²) >= 11 is 0. The van der Waals surface area contributed by atoms with Crippen molar-refractivity contribution in [2.75, 3.05) is 0 Å². The van der Waals surface area contributed by atoms with Crippen molar-refractivity contribution in [2.24, 2.45) is 0 Å². The Morgan fingerprint density at radius 2 is 0.640 bits per heavy atom. The number of aromatic nitrogens is 4. The minimum absolute atomic E-state index is 0.620. The van der Waals surface area contributed by atoms with Gasteiger partial charge in [-0.2, -0.15) is 4.98 Å². The highest BCUT2D eigenvalue weighted by molar-refractivity contribution is 6.19. The molecule has 7 aromatic carbocycles. The maximum Gasteiger partial charge on any atom is 0.237 e. The molecule has 0 saturated carbocycles. The van der Waals surface area contributed by atoms with E-state index in [0.717, 1.165) is 49.9 Å². The number of fused-ring (bicyclic) bond motifs is 10. The molecule has 10 rings (SSSR count). The fourth-order valence-electron chi connectivity index (χ4n) is 7.61. The molecule has 0 atom stereocenters. The average molecular weight is 639 g/mol. The summed E-state index contributed by atoms with van der Waals surface area (Å²) in [6.07, 6.45) is 0. The van der Waals surface area contributed by atoms with E-state index >= 15 is 0 Å². The van der Waals surface area contributed by atoms with Gasteiger partial charge in [-0.25, -0.2) is 4.98 Å². The van der Waals surface area contributed by atoms with E-state index in [-0.39, 0.29) is 0 Å². The van der Waals surface area contributed by atoms with Crippen LogP contribution in [0.2, 0.25) is 0 Å². The lowest BCUT2D eigenvalue weighted by Gasteiger charge is -2.16. The van der Waals surface area contributed by atoms with Crippen LogP contribution in [0.15, 0.2) is 182 Å². The Balaban J connectivity index is 1.44.